The van der Waals surface area contributed by atoms with Crippen LogP contribution in [0.3, 0.4) is 0 Å². The van der Waals surface area contributed by atoms with Crippen molar-refractivity contribution in [3.05, 3.63) is 29.8 Å². The summed E-state index contributed by atoms with van der Waals surface area (Å²) in [6.45, 7) is 4.44. The number of anilines is 1. The fourth-order valence-electron chi connectivity index (χ4n) is 2.80. The van der Waals surface area contributed by atoms with E-state index in [0.29, 0.717) is 11.8 Å². The van der Waals surface area contributed by atoms with Crippen LogP contribution in [0.25, 0.3) is 0 Å². The van der Waals surface area contributed by atoms with Gasteiger partial charge in [0.15, 0.2) is 0 Å². The molecule has 0 bridgehead atoms. The van der Waals surface area contributed by atoms with Gasteiger partial charge in [-0.05, 0) is 36.8 Å². The number of hydrogen-bond donors (Lipinski definition) is 1. The molecule has 1 aromatic carbocycles. The molecule has 1 aliphatic carbocycles. The van der Waals surface area contributed by atoms with Crippen molar-refractivity contribution < 1.29 is 8.78 Å². The maximum Gasteiger partial charge on any atom is 0.149 e. The number of para-hydroxylation sites is 1. The Morgan fingerprint density at radius 1 is 1.17 bits per heavy atom. The molecule has 2 atom stereocenters. The third-order valence-corrected chi connectivity index (χ3v) is 3.97. The van der Waals surface area contributed by atoms with Crippen LogP contribution < -0.4 is 5.32 Å². The van der Waals surface area contributed by atoms with Crippen LogP contribution >= 0.6 is 0 Å². The van der Waals surface area contributed by atoms with Crippen molar-refractivity contribution in [2.45, 2.75) is 45.6 Å². The first-order chi connectivity index (χ1) is 8.58. The molecule has 18 heavy (non-hydrogen) atoms. The van der Waals surface area contributed by atoms with Crippen LogP contribution in [-0.4, -0.2) is 6.04 Å². The van der Waals surface area contributed by atoms with Crippen LogP contribution in [0.2, 0.25) is 0 Å². The lowest BCUT2D eigenvalue weighted by molar-refractivity contribution is 0.263. The zero-order valence-electron chi connectivity index (χ0n) is 11.0. The van der Waals surface area contributed by atoms with E-state index < -0.39 is 11.6 Å². The molecule has 2 unspecified atom stereocenters. The molecule has 1 saturated carbocycles. The van der Waals surface area contributed by atoms with Crippen LogP contribution in [-0.2, 0) is 0 Å². The Kier molecular flexibility index (Phi) is 4.20. The van der Waals surface area contributed by atoms with Gasteiger partial charge in [0, 0.05) is 6.04 Å². The van der Waals surface area contributed by atoms with Gasteiger partial charge in [0.05, 0.1) is 0 Å². The van der Waals surface area contributed by atoms with Crippen LogP contribution in [0.5, 0.6) is 0 Å². The molecule has 0 amide bonds. The van der Waals surface area contributed by atoms with Gasteiger partial charge >= 0.3 is 0 Å². The molecule has 1 nitrogen and oxygen atoms in total. The Hall–Kier alpha value is -1.12. The van der Waals surface area contributed by atoms with Crippen LogP contribution in [0.15, 0.2) is 18.2 Å². The summed E-state index contributed by atoms with van der Waals surface area (Å²) in [6.07, 6.45) is 4.37. The maximum absolute atomic E-state index is 13.6. The Labute approximate surface area is 108 Å². The van der Waals surface area contributed by atoms with Gasteiger partial charge in [-0.2, -0.15) is 0 Å². The van der Waals surface area contributed by atoms with E-state index in [0.717, 1.165) is 19.3 Å². The fraction of sp³-hybridized carbons (Fsp3) is 0.600. The molecule has 1 aromatic rings. The lowest BCUT2D eigenvalue weighted by atomic mass is 9.79. The predicted octanol–water partition coefficient (Wildman–Crippen LogP) is 4.59. The van der Waals surface area contributed by atoms with Gasteiger partial charge in [0.25, 0.3) is 0 Å². The smallest absolute Gasteiger partial charge is 0.149 e. The summed E-state index contributed by atoms with van der Waals surface area (Å²) < 4.78 is 27.1. The molecule has 0 aliphatic heterocycles. The van der Waals surface area contributed by atoms with Crippen LogP contribution in [0, 0.1) is 23.5 Å². The molecule has 1 aliphatic rings. The van der Waals surface area contributed by atoms with Crippen molar-refractivity contribution >= 4 is 5.69 Å². The minimum Gasteiger partial charge on any atom is -0.378 e. The van der Waals surface area contributed by atoms with Gasteiger partial charge in [0.2, 0.25) is 0 Å². The molecule has 0 spiro atoms. The molecule has 2 rings (SSSR count). The summed E-state index contributed by atoms with van der Waals surface area (Å²) >= 11 is 0. The highest BCUT2D eigenvalue weighted by molar-refractivity contribution is 5.46. The Morgan fingerprint density at radius 2 is 1.83 bits per heavy atom. The van der Waals surface area contributed by atoms with Crippen molar-refractivity contribution in [3.63, 3.8) is 0 Å². The lowest BCUT2D eigenvalue weighted by Gasteiger charge is -2.32. The molecule has 3 heteroatoms. The number of halogens is 2. The second-order valence-corrected chi connectivity index (χ2v) is 5.61. The van der Waals surface area contributed by atoms with Crippen LogP contribution in [0.1, 0.15) is 39.5 Å². The highest BCUT2D eigenvalue weighted by Gasteiger charge is 2.25. The summed E-state index contributed by atoms with van der Waals surface area (Å²) in [6, 6.07) is 4.19. The van der Waals surface area contributed by atoms with E-state index in [1.54, 1.807) is 0 Å². The van der Waals surface area contributed by atoms with Gasteiger partial charge in [-0.1, -0.05) is 32.8 Å². The minimum absolute atomic E-state index is 0.0342. The van der Waals surface area contributed by atoms with E-state index in [-0.39, 0.29) is 11.7 Å². The van der Waals surface area contributed by atoms with Crippen molar-refractivity contribution in [1.29, 1.82) is 0 Å². The number of nitrogens with one attached hydrogen (secondary N) is 1. The quantitative estimate of drug-likeness (QED) is 0.830. The van der Waals surface area contributed by atoms with Crippen molar-refractivity contribution in [3.8, 4) is 0 Å². The second kappa shape index (κ2) is 5.68. The molecule has 0 aromatic heterocycles. The zero-order valence-corrected chi connectivity index (χ0v) is 11.0. The number of rotatable bonds is 3. The minimum atomic E-state index is -0.498. The summed E-state index contributed by atoms with van der Waals surface area (Å²) in [4.78, 5) is 0. The predicted molar refractivity (Wildman–Crippen MR) is 70.6 cm³/mol. The van der Waals surface area contributed by atoms with Crippen molar-refractivity contribution in [1.82, 2.24) is 0 Å². The topological polar surface area (TPSA) is 12.0 Å². The van der Waals surface area contributed by atoms with E-state index in [1.807, 2.05) is 0 Å². The summed E-state index contributed by atoms with van der Waals surface area (Å²) in [5.41, 5.74) is 0.0342. The van der Waals surface area contributed by atoms with E-state index >= 15 is 0 Å². The lowest BCUT2D eigenvalue weighted by Crippen LogP contribution is -2.30. The molecular weight excluding hydrogens is 232 g/mol. The van der Waals surface area contributed by atoms with E-state index in [4.69, 9.17) is 0 Å². The third-order valence-electron chi connectivity index (χ3n) is 3.97. The average molecular weight is 253 g/mol. The fourth-order valence-corrected chi connectivity index (χ4v) is 2.80. The molecule has 1 fully saturated rings. The van der Waals surface area contributed by atoms with E-state index in [9.17, 15) is 8.78 Å². The molecule has 0 heterocycles. The van der Waals surface area contributed by atoms with Gasteiger partial charge in [0.1, 0.15) is 17.3 Å². The highest BCUT2D eigenvalue weighted by atomic mass is 19.1. The highest BCUT2D eigenvalue weighted by Crippen LogP contribution is 2.32. The number of benzene rings is 1. The standard InChI is InChI=1S/C15H21F2N/c1-10(2)11-5-3-6-12(9-11)18-15-13(16)7-4-8-14(15)17/h4,7-8,10-12,18H,3,5-6,9H2,1-2H3. The second-order valence-electron chi connectivity index (χ2n) is 5.61. The third kappa shape index (κ3) is 3.01. The van der Waals surface area contributed by atoms with E-state index in [1.165, 1.54) is 24.6 Å². The van der Waals surface area contributed by atoms with Gasteiger partial charge < -0.3 is 5.32 Å². The van der Waals surface area contributed by atoms with Gasteiger partial charge in [-0.3, -0.25) is 0 Å². The molecule has 0 radical (unpaired) electrons. The Bertz CT molecular complexity index is 383. The molecule has 100 valence electrons. The normalized spacial score (nSPS) is 24.3. The first-order valence-electron chi connectivity index (χ1n) is 6.78. The van der Waals surface area contributed by atoms with Crippen LogP contribution in [0.4, 0.5) is 14.5 Å². The molecule has 1 N–H and O–H groups in total. The molecule has 0 saturated heterocycles. The first kappa shape index (κ1) is 13.3. The number of hydrogen-bond acceptors (Lipinski definition) is 1. The van der Waals surface area contributed by atoms with E-state index in [2.05, 4.69) is 19.2 Å². The van der Waals surface area contributed by atoms with Gasteiger partial charge in [-0.15, -0.1) is 0 Å². The first-order valence-corrected chi connectivity index (χ1v) is 6.78. The largest absolute Gasteiger partial charge is 0.378 e. The molecular formula is C15H21F2N. The summed E-state index contributed by atoms with van der Waals surface area (Å²) in [5, 5.41) is 3.05. The average Bonchev–Trinajstić information content (AvgIpc) is 2.34. The SMILES string of the molecule is CC(C)C1CCCC(Nc2c(F)cccc2F)C1. The Morgan fingerprint density at radius 3 is 2.44 bits per heavy atom. The van der Waals surface area contributed by atoms with Crippen molar-refractivity contribution in [2.75, 3.05) is 5.32 Å². The van der Waals surface area contributed by atoms with Crippen molar-refractivity contribution in [2.24, 2.45) is 11.8 Å². The maximum atomic E-state index is 13.6. The summed E-state index contributed by atoms with van der Waals surface area (Å²) in [7, 11) is 0. The van der Waals surface area contributed by atoms with Gasteiger partial charge in [-0.25, -0.2) is 8.78 Å². The monoisotopic (exact) mass is 253 g/mol. The Balaban J connectivity index is 2.05. The zero-order chi connectivity index (χ0) is 13.1. The summed E-state index contributed by atoms with van der Waals surface area (Å²) in [5.74, 6) is 0.300.